The lowest BCUT2D eigenvalue weighted by atomic mass is 10.1. The molecule has 6 heteroatoms. The number of carbonyl (C=O) groups excluding carboxylic acids is 1. The van der Waals surface area contributed by atoms with Gasteiger partial charge in [-0.05, 0) is 42.3 Å². The molecule has 0 aliphatic rings. The molecule has 3 aromatic rings. The number of benzene rings is 2. The van der Waals surface area contributed by atoms with Crippen LogP contribution in [0.3, 0.4) is 0 Å². The van der Waals surface area contributed by atoms with Crippen LogP contribution in [0.1, 0.15) is 15.9 Å². The summed E-state index contributed by atoms with van der Waals surface area (Å²) in [4.78, 5) is 23.4. The maximum absolute atomic E-state index is 13.1. The number of halogens is 1. The van der Waals surface area contributed by atoms with Crippen LogP contribution in [-0.4, -0.2) is 17.0 Å². The van der Waals surface area contributed by atoms with E-state index in [0.717, 1.165) is 5.56 Å². The van der Waals surface area contributed by atoms with Crippen molar-refractivity contribution in [3.8, 4) is 0 Å². The Kier molecular flexibility index (Phi) is 3.97. The van der Waals surface area contributed by atoms with Crippen molar-refractivity contribution in [2.45, 2.75) is 6.42 Å². The number of rotatable bonds is 4. The standard InChI is InChI=1S/C17H15FN2O3/c1-20-14-9-11(5-6-15(14)23-17(20)22)7-8-19-16(21)12-3-2-4-13(18)10-12/h2-6,9-10H,7-8H2,1H3,(H,19,21). The van der Waals surface area contributed by atoms with Crippen molar-refractivity contribution in [3.63, 3.8) is 0 Å². The summed E-state index contributed by atoms with van der Waals surface area (Å²) >= 11 is 0. The van der Waals surface area contributed by atoms with Gasteiger partial charge >= 0.3 is 5.76 Å². The first-order valence-corrected chi connectivity index (χ1v) is 7.17. The number of nitrogens with one attached hydrogen (secondary N) is 1. The van der Waals surface area contributed by atoms with Crippen LogP contribution in [0.5, 0.6) is 0 Å². The van der Waals surface area contributed by atoms with E-state index in [9.17, 15) is 14.0 Å². The summed E-state index contributed by atoms with van der Waals surface area (Å²) in [6, 6.07) is 11.0. The van der Waals surface area contributed by atoms with E-state index in [1.54, 1.807) is 19.2 Å². The van der Waals surface area contributed by atoms with Crippen molar-refractivity contribution in [3.05, 3.63) is 70.0 Å². The fraction of sp³-hybridized carbons (Fsp3) is 0.176. The Hall–Kier alpha value is -2.89. The molecule has 0 aliphatic heterocycles. The highest BCUT2D eigenvalue weighted by molar-refractivity contribution is 5.94. The quantitative estimate of drug-likeness (QED) is 0.803. The Bertz CT molecular complexity index is 927. The third-order valence-electron chi connectivity index (χ3n) is 3.64. The smallest absolute Gasteiger partial charge is 0.408 e. The van der Waals surface area contributed by atoms with Gasteiger partial charge in [-0.2, -0.15) is 0 Å². The van der Waals surface area contributed by atoms with Crippen molar-refractivity contribution in [2.75, 3.05) is 6.54 Å². The molecule has 0 aliphatic carbocycles. The summed E-state index contributed by atoms with van der Waals surface area (Å²) in [7, 11) is 1.64. The summed E-state index contributed by atoms with van der Waals surface area (Å²) in [5, 5.41) is 2.74. The van der Waals surface area contributed by atoms with Crippen LogP contribution in [-0.2, 0) is 13.5 Å². The molecule has 1 amide bonds. The lowest BCUT2D eigenvalue weighted by molar-refractivity contribution is 0.0953. The van der Waals surface area contributed by atoms with Crippen LogP contribution >= 0.6 is 0 Å². The third-order valence-corrected chi connectivity index (χ3v) is 3.64. The minimum Gasteiger partial charge on any atom is -0.408 e. The molecule has 0 unspecified atom stereocenters. The largest absolute Gasteiger partial charge is 0.419 e. The van der Waals surface area contributed by atoms with Gasteiger partial charge in [-0.3, -0.25) is 9.36 Å². The highest BCUT2D eigenvalue weighted by Gasteiger charge is 2.08. The van der Waals surface area contributed by atoms with E-state index in [4.69, 9.17) is 4.42 Å². The average Bonchev–Trinajstić information content (AvgIpc) is 2.82. The topological polar surface area (TPSA) is 64.2 Å². The minimum absolute atomic E-state index is 0.290. The number of oxazole rings is 1. The van der Waals surface area contributed by atoms with Crippen LogP contribution in [0.4, 0.5) is 4.39 Å². The van der Waals surface area contributed by atoms with Crippen molar-refractivity contribution in [1.82, 2.24) is 9.88 Å². The lowest BCUT2D eigenvalue weighted by Crippen LogP contribution is -2.25. The van der Waals surface area contributed by atoms with Crippen molar-refractivity contribution in [2.24, 2.45) is 7.05 Å². The molecule has 0 saturated heterocycles. The molecule has 0 spiro atoms. The second-order valence-electron chi connectivity index (χ2n) is 5.25. The monoisotopic (exact) mass is 314 g/mol. The van der Waals surface area contributed by atoms with Gasteiger partial charge in [-0.15, -0.1) is 0 Å². The molecular formula is C17H15FN2O3. The second kappa shape index (κ2) is 6.08. The maximum atomic E-state index is 13.1. The number of hydrogen-bond donors (Lipinski definition) is 1. The van der Waals surface area contributed by atoms with Gasteiger partial charge < -0.3 is 9.73 Å². The Morgan fingerprint density at radius 1 is 1.26 bits per heavy atom. The molecule has 0 radical (unpaired) electrons. The zero-order chi connectivity index (χ0) is 16.4. The molecule has 3 rings (SSSR count). The van der Waals surface area contributed by atoms with E-state index >= 15 is 0 Å². The van der Waals surface area contributed by atoms with Gasteiger partial charge in [0.2, 0.25) is 0 Å². The van der Waals surface area contributed by atoms with Crippen LogP contribution in [0.2, 0.25) is 0 Å². The maximum Gasteiger partial charge on any atom is 0.419 e. The zero-order valence-corrected chi connectivity index (χ0v) is 12.5. The van der Waals surface area contributed by atoms with E-state index in [1.165, 1.54) is 22.8 Å². The Morgan fingerprint density at radius 2 is 2.09 bits per heavy atom. The molecule has 2 aromatic carbocycles. The molecule has 1 heterocycles. The number of fused-ring (bicyclic) bond motifs is 1. The van der Waals surface area contributed by atoms with Crippen LogP contribution < -0.4 is 11.1 Å². The van der Waals surface area contributed by atoms with Crippen molar-refractivity contribution >= 4 is 17.0 Å². The number of amides is 1. The number of hydrogen-bond acceptors (Lipinski definition) is 3. The fourth-order valence-electron chi connectivity index (χ4n) is 2.38. The van der Waals surface area contributed by atoms with Crippen LogP contribution in [0.15, 0.2) is 51.7 Å². The highest BCUT2D eigenvalue weighted by atomic mass is 19.1. The van der Waals surface area contributed by atoms with Crippen molar-refractivity contribution in [1.29, 1.82) is 0 Å². The molecule has 118 valence electrons. The van der Waals surface area contributed by atoms with E-state index in [1.807, 2.05) is 12.1 Å². The van der Waals surface area contributed by atoms with Crippen molar-refractivity contribution < 1.29 is 13.6 Å². The predicted molar refractivity (Wildman–Crippen MR) is 83.9 cm³/mol. The SMILES string of the molecule is Cn1c(=O)oc2ccc(CCNC(=O)c3cccc(F)c3)cc21. The third kappa shape index (κ3) is 3.15. The summed E-state index contributed by atoms with van der Waals surface area (Å²) in [6.45, 7) is 0.409. The van der Waals surface area contributed by atoms with E-state index < -0.39 is 11.6 Å². The summed E-state index contributed by atoms with van der Waals surface area (Å²) < 4.78 is 19.6. The van der Waals surface area contributed by atoms with Crippen LogP contribution in [0.25, 0.3) is 11.1 Å². The fourth-order valence-corrected chi connectivity index (χ4v) is 2.38. The molecule has 0 atom stereocenters. The molecule has 0 saturated carbocycles. The normalized spacial score (nSPS) is 10.9. The first kappa shape index (κ1) is 15.0. The Morgan fingerprint density at radius 3 is 2.87 bits per heavy atom. The van der Waals surface area contributed by atoms with E-state index in [2.05, 4.69) is 5.32 Å². The van der Waals surface area contributed by atoms with Crippen LogP contribution in [0, 0.1) is 5.82 Å². The predicted octanol–water partition coefficient (Wildman–Crippen LogP) is 2.24. The van der Waals surface area contributed by atoms with Gasteiger partial charge in [-0.1, -0.05) is 12.1 Å². The zero-order valence-electron chi connectivity index (χ0n) is 12.5. The van der Waals surface area contributed by atoms with Gasteiger partial charge in [0, 0.05) is 19.2 Å². The molecule has 0 bridgehead atoms. The molecule has 23 heavy (non-hydrogen) atoms. The van der Waals surface area contributed by atoms with Gasteiger partial charge in [-0.25, -0.2) is 9.18 Å². The lowest BCUT2D eigenvalue weighted by Gasteiger charge is -2.06. The molecular weight excluding hydrogens is 299 g/mol. The Labute approximate surface area is 131 Å². The molecule has 1 N–H and O–H groups in total. The second-order valence-corrected chi connectivity index (χ2v) is 5.25. The van der Waals surface area contributed by atoms with Gasteiger partial charge in [0.05, 0.1) is 5.52 Å². The first-order valence-electron chi connectivity index (χ1n) is 7.17. The van der Waals surface area contributed by atoms with Gasteiger partial charge in [0.15, 0.2) is 5.58 Å². The summed E-state index contributed by atoms with van der Waals surface area (Å²) in [5.74, 6) is -1.16. The van der Waals surface area contributed by atoms with Gasteiger partial charge in [0.1, 0.15) is 5.82 Å². The minimum atomic E-state index is -0.441. The number of aryl methyl sites for hydroxylation is 1. The highest BCUT2D eigenvalue weighted by Crippen LogP contribution is 2.14. The molecule has 1 aromatic heterocycles. The first-order chi connectivity index (χ1) is 11.0. The molecule has 5 nitrogen and oxygen atoms in total. The molecule has 0 fully saturated rings. The summed E-state index contributed by atoms with van der Waals surface area (Å²) in [5.41, 5.74) is 2.50. The number of carbonyl (C=O) groups is 1. The number of nitrogens with zero attached hydrogens (tertiary/aromatic N) is 1. The Balaban J connectivity index is 1.65. The number of aromatic nitrogens is 1. The van der Waals surface area contributed by atoms with E-state index in [0.29, 0.717) is 24.1 Å². The van der Waals surface area contributed by atoms with Gasteiger partial charge in [0.25, 0.3) is 5.91 Å². The summed E-state index contributed by atoms with van der Waals surface area (Å²) in [6.07, 6.45) is 0.594. The van der Waals surface area contributed by atoms with E-state index in [-0.39, 0.29) is 11.5 Å². The average molecular weight is 314 g/mol.